The maximum Gasteiger partial charge on any atom is 0.251 e. The van der Waals surface area contributed by atoms with Gasteiger partial charge in [0.05, 0.1) is 21.7 Å². The summed E-state index contributed by atoms with van der Waals surface area (Å²) in [5, 5.41) is 0. The summed E-state index contributed by atoms with van der Waals surface area (Å²) in [6.45, 7) is 6.94. The third-order valence-electron chi connectivity index (χ3n) is 6.03. The van der Waals surface area contributed by atoms with E-state index in [2.05, 4.69) is 23.0 Å². The number of hydrogen-bond acceptors (Lipinski definition) is 4. The Balaban J connectivity index is 1.56. The molecule has 0 atom stereocenters. The second-order valence-electron chi connectivity index (χ2n) is 8.55. The molecule has 33 heavy (non-hydrogen) atoms. The summed E-state index contributed by atoms with van der Waals surface area (Å²) in [4.78, 5) is 18.3. The number of sulfonamides is 1. The van der Waals surface area contributed by atoms with E-state index >= 15 is 0 Å². The summed E-state index contributed by atoms with van der Waals surface area (Å²) < 4.78 is 30.3. The molecule has 0 aliphatic carbocycles. The lowest BCUT2D eigenvalue weighted by Crippen LogP contribution is -2.40. The number of carbonyl (C=O) groups excluding carboxylic acids is 1. The van der Waals surface area contributed by atoms with E-state index in [0.29, 0.717) is 37.3 Å². The quantitative estimate of drug-likeness (QED) is 0.533. The van der Waals surface area contributed by atoms with Crippen molar-refractivity contribution < 1.29 is 13.2 Å². The molecule has 1 aliphatic rings. The Morgan fingerprint density at radius 3 is 2.42 bits per heavy atom. The normalized spacial score (nSPS) is 16.2. The molecular weight excluding hydrogens is 454 g/mol. The Morgan fingerprint density at radius 2 is 1.79 bits per heavy atom. The number of carbonyl (C=O) groups is 1. The Kier molecular flexibility index (Phi) is 6.57. The molecule has 0 unspecified atom stereocenters. The van der Waals surface area contributed by atoms with Gasteiger partial charge in [0.25, 0.3) is 5.91 Å². The number of piperidine rings is 1. The molecule has 1 aromatic heterocycles. The van der Waals surface area contributed by atoms with Crippen LogP contribution in [-0.4, -0.2) is 36.3 Å². The van der Waals surface area contributed by atoms with Crippen molar-refractivity contribution >= 4 is 37.5 Å². The number of terminal acetylenes is 1. The first kappa shape index (κ1) is 23.4. The van der Waals surface area contributed by atoms with Crippen LogP contribution in [0.5, 0.6) is 0 Å². The number of amides is 1. The van der Waals surface area contributed by atoms with E-state index in [1.54, 1.807) is 24.3 Å². The van der Waals surface area contributed by atoms with Gasteiger partial charge in [0, 0.05) is 19.0 Å². The highest BCUT2D eigenvalue weighted by molar-refractivity contribution is 7.89. The molecule has 0 N–H and O–H groups in total. The maximum atomic E-state index is 13.0. The number of aryl methyl sites for hydroxylation is 3. The molecule has 1 fully saturated rings. The van der Waals surface area contributed by atoms with Crippen molar-refractivity contribution in [2.75, 3.05) is 13.1 Å². The van der Waals surface area contributed by atoms with Crippen LogP contribution in [0, 0.1) is 39.0 Å². The molecule has 3 aromatic rings. The fraction of sp³-hybridized carbons (Fsp3) is 0.360. The topological polar surface area (TPSA) is 71.7 Å². The van der Waals surface area contributed by atoms with Crippen molar-refractivity contribution in [1.29, 1.82) is 0 Å². The van der Waals surface area contributed by atoms with E-state index < -0.39 is 10.0 Å². The van der Waals surface area contributed by atoms with Crippen LogP contribution in [0.15, 0.2) is 46.3 Å². The molecule has 2 aromatic carbocycles. The van der Waals surface area contributed by atoms with Crippen LogP contribution in [0.25, 0.3) is 10.2 Å². The highest BCUT2D eigenvalue weighted by atomic mass is 32.2. The van der Waals surface area contributed by atoms with Crippen molar-refractivity contribution in [2.45, 2.75) is 45.1 Å². The average molecular weight is 482 g/mol. The van der Waals surface area contributed by atoms with Crippen LogP contribution in [0.4, 0.5) is 0 Å². The van der Waals surface area contributed by atoms with Crippen LogP contribution in [0.2, 0.25) is 0 Å². The molecule has 172 valence electrons. The summed E-state index contributed by atoms with van der Waals surface area (Å²) >= 11 is 1.47. The molecule has 6 nitrogen and oxygen atoms in total. The first-order valence-corrected chi connectivity index (χ1v) is 13.2. The van der Waals surface area contributed by atoms with Crippen LogP contribution in [-0.2, 0) is 21.4 Å². The summed E-state index contributed by atoms with van der Waals surface area (Å²) in [6.07, 6.45) is 6.49. The number of nitrogens with zero attached hydrogens (tertiary/aromatic N) is 3. The molecule has 0 saturated carbocycles. The van der Waals surface area contributed by atoms with Crippen LogP contribution in [0.3, 0.4) is 0 Å². The van der Waals surface area contributed by atoms with Gasteiger partial charge in [-0.05, 0) is 62.9 Å². The summed E-state index contributed by atoms with van der Waals surface area (Å²) in [7, 11) is -3.56. The van der Waals surface area contributed by atoms with Crippen molar-refractivity contribution in [3.63, 3.8) is 0 Å². The van der Waals surface area contributed by atoms with Gasteiger partial charge in [0.15, 0.2) is 4.80 Å². The van der Waals surface area contributed by atoms with Gasteiger partial charge < -0.3 is 4.57 Å². The second-order valence-corrected chi connectivity index (χ2v) is 11.5. The van der Waals surface area contributed by atoms with Crippen molar-refractivity contribution in [2.24, 2.45) is 10.9 Å². The Hall–Kier alpha value is -2.73. The number of aromatic nitrogens is 1. The minimum Gasteiger partial charge on any atom is -0.305 e. The lowest BCUT2D eigenvalue weighted by Gasteiger charge is -2.29. The van der Waals surface area contributed by atoms with Crippen molar-refractivity contribution in [1.82, 2.24) is 8.87 Å². The van der Waals surface area contributed by atoms with Crippen LogP contribution in [0.1, 0.15) is 29.5 Å². The van der Waals surface area contributed by atoms with Crippen molar-refractivity contribution in [3.05, 3.63) is 57.9 Å². The van der Waals surface area contributed by atoms with Crippen molar-refractivity contribution in [3.8, 4) is 12.3 Å². The lowest BCUT2D eigenvalue weighted by atomic mass is 9.98. The van der Waals surface area contributed by atoms with Gasteiger partial charge in [-0.2, -0.15) is 9.30 Å². The zero-order valence-corrected chi connectivity index (χ0v) is 20.7. The SMILES string of the molecule is C#CCn1c(=NC(=O)C2CCN(S(=O)(=O)c3ccc(C)cc3)CC2)sc2c(C)cc(C)cc21. The first-order chi connectivity index (χ1) is 15.7. The van der Waals surface area contributed by atoms with E-state index in [0.717, 1.165) is 26.9 Å². The Morgan fingerprint density at radius 1 is 1.12 bits per heavy atom. The molecule has 1 amide bonds. The average Bonchev–Trinajstić information content (AvgIpc) is 3.12. The summed E-state index contributed by atoms with van der Waals surface area (Å²) in [5.41, 5.74) is 4.25. The van der Waals surface area contributed by atoms with E-state index in [1.807, 2.05) is 25.3 Å². The smallest absolute Gasteiger partial charge is 0.251 e. The molecule has 0 spiro atoms. The Labute approximate surface area is 198 Å². The minimum absolute atomic E-state index is 0.214. The predicted octanol–water partition coefficient (Wildman–Crippen LogP) is 3.79. The molecule has 8 heteroatoms. The van der Waals surface area contributed by atoms with E-state index in [9.17, 15) is 13.2 Å². The molecule has 2 heterocycles. The number of fused-ring (bicyclic) bond motifs is 1. The van der Waals surface area contributed by atoms with Crippen LogP contribution >= 0.6 is 11.3 Å². The summed E-state index contributed by atoms with van der Waals surface area (Å²) in [6, 6.07) is 11.0. The highest BCUT2D eigenvalue weighted by Crippen LogP contribution is 2.26. The standard InChI is InChI=1S/C25H27N3O3S2/c1-5-12-28-22-16-18(3)15-19(4)23(22)32-25(28)26-24(29)20-10-13-27(14-11-20)33(30,31)21-8-6-17(2)7-9-21/h1,6-9,15-16,20H,10-14H2,2-4H3. The summed E-state index contributed by atoms with van der Waals surface area (Å²) in [5.74, 6) is 2.14. The number of hydrogen-bond donors (Lipinski definition) is 0. The Bertz CT molecular complexity index is 1420. The second kappa shape index (κ2) is 9.26. The van der Waals surface area contributed by atoms with E-state index in [-0.39, 0.29) is 16.7 Å². The predicted molar refractivity (Wildman–Crippen MR) is 131 cm³/mol. The first-order valence-electron chi connectivity index (χ1n) is 10.9. The van der Waals surface area contributed by atoms with Gasteiger partial charge in [-0.15, -0.1) is 6.42 Å². The largest absolute Gasteiger partial charge is 0.305 e. The highest BCUT2D eigenvalue weighted by Gasteiger charge is 2.32. The van der Waals surface area contributed by atoms with E-state index in [1.165, 1.54) is 15.6 Å². The zero-order chi connectivity index (χ0) is 23.8. The molecule has 0 radical (unpaired) electrons. The van der Waals surface area contributed by atoms with Gasteiger partial charge >= 0.3 is 0 Å². The van der Waals surface area contributed by atoms with Gasteiger partial charge in [-0.3, -0.25) is 4.79 Å². The fourth-order valence-corrected chi connectivity index (χ4v) is 6.78. The molecule has 1 aliphatic heterocycles. The molecule has 4 rings (SSSR count). The fourth-order valence-electron chi connectivity index (χ4n) is 4.23. The number of rotatable bonds is 4. The molecular formula is C25H27N3O3S2. The minimum atomic E-state index is -3.56. The third-order valence-corrected chi connectivity index (χ3v) is 9.17. The zero-order valence-electron chi connectivity index (χ0n) is 19.0. The van der Waals surface area contributed by atoms with Gasteiger partial charge in [-0.1, -0.05) is 41.0 Å². The lowest BCUT2D eigenvalue weighted by molar-refractivity contribution is -0.122. The molecule has 1 saturated heterocycles. The molecule has 0 bridgehead atoms. The van der Waals surface area contributed by atoms with Gasteiger partial charge in [-0.25, -0.2) is 8.42 Å². The van der Waals surface area contributed by atoms with Gasteiger partial charge in [0.1, 0.15) is 0 Å². The maximum absolute atomic E-state index is 13.0. The van der Waals surface area contributed by atoms with Gasteiger partial charge in [0.2, 0.25) is 10.0 Å². The number of benzene rings is 2. The van der Waals surface area contributed by atoms with Crippen LogP contribution < -0.4 is 4.80 Å². The monoisotopic (exact) mass is 481 g/mol. The number of thiazole rings is 1. The third kappa shape index (κ3) is 4.67. The van der Waals surface area contributed by atoms with E-state index in [4.69, 9.17) is 6.42 Å².